The number of rotatable bonds is 3. The fourth-order valence-corrected chi connectivity index (χ4v) is 1.58. The second-order valence-corrected chi connectivity index (χ2v) is 3.77. The van der Waals surface area contributed by atoms with Gasteiger partial charge in [0.15, 0.2) is 5.78 Å². The minimum atomic E-state index is -4.48. The summed E-state index contributed by atoms with van der Waals surface area (Å²) in [6.45, 7) is 1.82. The fraction of sp³-hybridized carbons (Fsp3) is 0.364. The highest BCUT2D eigenvalue weighted by molar-refractivity contribution is 6.31. The smallest absolute Gasteiger partial charge is 0.294 e. The van der Waals surface area contributed by atoms with Crippen molar-refractivity contribution in [1.29, 1.82) is 0 Å². The van der Waals surface area contributed by atoms with Gasteiger partial charge in [0.05, 0.1) is 10.6 Å². The summed E-state index contributed by atoms with van der Waals surface area (Å²) in [5.41, 5.74) is -0.693. The molecule has 0 radical (unpaired) electrons. The van der Waals surface area contributed by atoms with Gasteiger partial charge in [-0.05, 0) is 18.6 Å². The van der Waals surface area contributed by atoms with Gasteiger partial charge in [-0.2, -0.15) is 13.2 Å². The van der Waals surface area contributed by atoms with Crippen LogP contribution in [-0.4, -0.2) is 5.78 Å². The predicted molar refractivity (Wildman–Crippen MR) is 55.7 cm³/mol. The first-order valence-corrected chi connectivity index (χ1v) is 5.14. The quantitative estimate of drug-likeness (QED) is 0.729. The van der Waals surface area contributed by atoms with Crippen molar-refractivity contribution in [3.63, 3.8) is 0 Å². The number of carbonyl (C=O) groups is 1. The molecule has 0 fully saturated rings. The summed E-state index contributed by atoms with van der Waals surface area (Å²) in [6.07, 6.45) is -3.53. The maximum Gasteiger partial charge on any atom is 0.417 e. The number of Topliss-reactive ketones (excluding diaryl/α,β-unsaturated/α-hetero) is 1. The van der Waals surface area contributed by atoms with Crippen LogP contribution in [-0.2, 0) is 6.18 Å². The molecule has 1 aromatic rings. The lowest BCUT2D eigenvalue weighted by atomic mass is 10.0. The zero-order valence-electron chi connectivity index (χ0n) is 8.57. The van der Waals surface area contributed by atoms with E-state index in [1.807, 2.05) is 6.92 Å². The van der Waals surface area contributed by atoms with Gasteiger partial charge in [-0.15, -0.1) is 0 Å². The molecule has 0 heterocycles. The standard InChI is InChI=1S/C11H10ClF3O/c1-2-3-10(16)7-4-5-8(9(12)6-7)11(13,14)15/h4-6H,2-3H2,1H3. The number of benzene rings is 1. The molecular weight excluding hydrogens is 241 g/mol. The van der Waals surface area contributed by atoms with Crippen molar-refractivity contribution in [2.45, 2.75) is 25.9 Å². The van der Waals surface area contributed by atoms with Gasteiger partial charge in [0.25, 0.3) is 0 Å². The van der Waals surface area contributed by atoms with E-state index in [9.17, 15) is 18.0 Å². The SMILES string of the molecule is CCCC(=O)c1ccc(C(F)(F)F)c(Cl)c1. The van der Waals surface area contributed by atoms with Gasteiger partial charge in [0, 0.05) is 12.0 Å². The molecule has 0 aliphatic heterocycles. The van der Waals surface area contributed by atoms with Crippen LogP contribution in [0.5, 0.6) is 0 Å². The van der Waals surface area contributed by atoms with Crippen molar-refractivity contribution in [3.05, 3.63) is 34.3 Å². The number of hydrogen-bond donors (Lipinski definition) is 0. The lowest BCUT2D eigenvalue weighted by Gasteiger charge is -2.09. The normalized spacial score (nSPS) is 11.6. The first-order chi connectivity index (χ1) is 7.36. The number of hydrogen-bond acceptors (Lipinski definition) is 1. The Kier molecular flexibility index (Phi) is 3.97. The number of ketones is 1. The molecule has 0 N–H and O–H groups in total. The van der Waals surface area contributed by atoms with Gasteiger partial charge in [0.1, 0.15) is 0 Å². The summed E-state index contributed by atoms with van der Waals surface area (Å²) >= 11 is 5.49. The van der Waals surface area contributed by atoms with Gasteiger partial charge in [-0.25, -0.2) is 0 Å². The molecule has 0 spiro atoms. The Morgan fingerprint density at radius 2 is 2.00 bits per heavy atom. The summed E-state index contributed by atoms with van der Waals surface area (Å²) in [4.78, 5) is 11.4. The Balaban J connectivity index is 3.05. The molecule has 5 heteroatoms. The van der Waals surface area contributed by atoms with E-state index in [4.69, 9.17) is 11.6 Å². The average molecular weight is 251 g/mol. The Morgan fingerprint density at radius 1 is 1.38 bits per heavy atom. The Morgan fingerprint density at radius 3 is 2.44 bits per heavy atom. The zero-order valence-corrected chi connectivity index (χ0v) is 9.32. The van der Waals surface area contributed by atoms with E-state index in [2.05, 4.69) is 0 Å². The van der Waals surface area contributed by atoms with Crippen LogP contribution in [0.4, 0.5) is 13.2 Å². The maximum atomic E-state index is 12.4. The zero-order chi connectivity index (χ0) is 12.3. The van der Waals surface area contributed by atoms with Crippen LogP contribution < -0.4 is 0 Å². The molecule has 0 unspecified atom stereocenters. The predicted octanol–water partition coefficient (Wildman–Crippen LogP) is 4.34. The van der Waals surface area contributed by atoms with E-state index in [-0.39, 0.29) is 11.3 Å². The van der Waals surface area contributed by atoms with E-state index in [0.717, 1.165) is 18.2 Å². The lowest BCUT2D eigenvalue weighted by Crippen LogP contribution is -2.07. The van der Waals surface area contributed by atoms with Crippen molar-refractivity contribution in [1.82, 2.24) is 0 Å². The van der Waals surface area contributed by atoms with Crippen LogP contribution in [0.15, 0.2) is 18.2 Å². The molecule has 0 bridgehead atoms. The van der Waals surface area contributed by atoms with Crippen LogP contribution in [0.2, 0.25) is 5.02 Å². The van der Waals surface area contributed by atoms with Gasteiger partial charge >= 0.3 is 6.18 Å². The molecule has 0 saturated carbocycles. The van der Waals surface area contributed by atoms with Gasteiger partial charge < -0.3 is 0 Å². The second-order valence-electron chi connectivity index (χ2n) is 3.37. The molecule has 0 atom stereocenters. The Hall–Kier alpha value is -1.03. The van der Waals surface area contributed by atoms with E-state index >= 15 is 0 Å². The molecule has 0 aromatic heterocycles. The van der Waals surface area contributed by atoms with Crippen LogP contribution in [0.1, 0.15) is 35.7 Å². The second kappa shape index (κ2) is 4.87. The maximum absolute atomic E-state index is 12.4. The minimum absolute atomic E-state index is 0.196. The van der Waals surface area contributed by atoms with Crippen molar-refractivity contribution in [2.75, 3.05) is 0 Å². The molecule has 16 heavy (non-hydrogen) atoms. The fourth-order valence-electron chi connectivity index (χ4n) is 1.29. The first-order valence-electron chi connectivity index (χ1n) is 4.76. The highest BCUT2D eigenvalue weighted by Gasteiger charge is 2.33. The van der Waals surface area contributed by atoms with Gasteiger partial charge in [0.2, 0.25) is 0 Å². The monoisotopic (exact) mass is 250 g/mol. The third-order valence-corrected chi connectivity index (χ3v) is 2.39. The Bertz CT molecular complexity index is 399. The molecule has 88 valence electrons. The van der Waals surface area contributed by atoms with Crippen LogP contribution >= 0.6 is 11.6 Å². The summed E-state index contributed by atoms with van der Waals surface area (Å²) in [5.74, 6) is -0.196. The molecular formula is C11H10ClF3O. The highest BCUT2D eigenvalue weighted by atomic mass is 35.5. The molecule has 0 saturated heterocycles. The summed E-state index contributed by atoms with van der Waals surface area (Å²) in [6, 6.07) is 3.07. The first kappa shape index (κ1) is 13.0. The van der Waals surface area contributed by atoms with E-state index in [1.54, 1.807) is 0 Å². The van der Waals surface area contributed by atoms with Crippen LogP contribution in [0.3, 0.4) is 0 Å². The van der Waals surface area contributed by atoms with Gasteiger partial charge in [-0.3, -0.25) is 4.79 Å². The third-order valence-electron chi connectivity index (χ3n) is 2.07. The molecule has 0 aliphatic carbocycles. The Labute approximate surface area is 96.2 Å². The van der Waals surface area contributed by atoms with E-state index < -0.39 is 16.8 Å². The van der Waals surface area contributed by atoms with Crippen LogP contribution in [0, 0.1) is 0 Å². The van der Waals surface area contributed by atoms with Crippen molar-refractivity contribution in [3.8, 4) is 0 Å². The number of alkyl halides is 3. The summed E-state index contributed by atoms with van der Waals surface area (Å²) in [5, 5.41) is -0.436. The van der Waals surface area contributed by atoms with Gasteiger partial charge in [-0.1, -0.05) is 24.6 Å². The van der Waals surface area contributed by atoms with Crippen LogP contribution in [0.25, 0.3) is 0 Å². The summed E-state index contributed by atoms with van der Waals surface area (Å²) in [7, 11) is 0. The third kappa shape index (κ3) is 2.98. The van der Waals surface area contributed by atoms with Crippen molar-refractivity contribution in [2.24, 2.45) is 0 Å². The minimum Gasteiger partial charge on any atom is -0.294 e. The molecule has 1 nitrogen and oxygen atoms in total. The number of carbonyl (C=O) groups excluding carboxylic acids is 1. The topological polar surface area (TPSA) is 17.1 Å². The lowest BCUT2D eigenvalue weighted by molar-refractivity contribution is -0.137. The molecule has 1 aromatic carbocycles. The highest BCUT2D eigenvalue weighted by Crippen LogP contribution is 2.35. The molecule has 1 rings (SSSR count). The van der Waals surface area contributed by atoms with Crippen molar-refractivity contribution < 1.29 is 18.0 Å². The van der Waals surface area contributed by atoms with Crippen molar-refractivity contribution >= 4 is 17.4 Å². The summed E-state index contributed by atoms with van der Waals surface area (Å²) < 4.78 is 37.1. The molecule has 0 amide bonds. The number of halogens is 4. The average Bonchev–Trinajstić information content (AvgIpc) is 2.16. The van der Waals surface area contributed by atoms with E-state index in [0.29, 0.717) is 12.8 Å². The van der Waals surface area contributed by atoms with E-state index in [1.165, 1.54) is 0 Å². The molecule has 0 aliphatic rings. The largest absolute Gasteiger partial charge is 0.417 e.